The van der Waals surface area contributed by atoms with E-state index in [1.807, 2.05) is 6.08 Å². The van der Waals surface area contributed by atoms with Gasteiger partial charge in [-0.1, -0.05) is 67.5 Å². The van der Waals surface area contributed by atoms with E-state index in [2.05, 4.69) is 72.4 Å². The molecule has 2 N–H and O–H groups in total. The summed E-state index contributed by atoms with van der Waals surface area (Å²) in [7, 11) is 0. The Morgan fingerprint density at radius 3 is 2.42 bits per heavy atom. The second-order valence-electron chi connectivity index (χ2n) is 11.6. The van der Waals surface area contributed by atoms with Gasteiger partial charge >= 0.3 is 0 Å². The molecule has 1 aromatic rings. The van der Waals surface area contributed by atoms with Gasteiger partial charge in [-0.2, -0.15) is 0 Å². The third kappa shape index (κ3) is 5.06. The quantitative estimate of drug-likeness (QED) is 0.625. The summed E-state index contributed by atoms with van der Waals surface area (Å²) < 4.78 is 0. The summed E-state index contributed by atoms with van der Waals surface area (Å²) in [5.74, 6) is 0.577. The Bertz CT molecular complexity index is 859. The van der Waals surface area contributed by atoms with Crippen LogP contribution < -0.4 is 4.90 Å². The molecule has 1 aromatic carbocycles. The van der Waals surface area contributed by atoms with Crippen LogP contribution in [-0.4, -0.2) is 35.4 Å². The van der Waals surface area contributed by atoms with E-state index < -0.39 is 6.29 Å². The summed E-state index contributed by atoms with van der Waals surface area (Å²) in [6.45, 7) is 19.2. The number of aliphatic hydroxyl groups excluding tert-OH is 1. The molecular weight excluding hydrogens is 384 g/mol. The smallest absolute Gasteiger partial charge is 0.179 e. The zero-order chi connectivity index (χ0) is 23.1. The summed E-state index contributed by atoms with van der Waals surface area (Å²) in [6.07, 6.45) is 5.62. The molecule has 0 saturated heterocycles. The number of aliphatic hydroxyl groups is 2. The van der Waals surface area contributed by atoms with E-state index in [0.717, 1.165) is 13.0 Å². The topological polar surface area (TPSA) is 56.1 Å². The van der Waals surface area contributed by atoms with E-state index in [1.54, 1.807) is 6.21 Å². The van der Waals surface area contributed by atoms with E-state index in [9.17, 15) is 10.2 Å². The molecule has 0 unspecified atom stereocenters. The van der Waals surface area contributed by atoms with Crippen LogP contribution in [-0.2, 0) is 17.3 Å². The number of hydrogen-bond donors (Lipinski definition) is 2. The highest BCUT2D eigenvalue weighted by Crippen LogP contribution is 2.44. The van der Waals surface area contributed by atoms with Gasteiger partial charge in [0.05, 0.1) is 0 Å². The van der Waals surface area contributed by atoms with Crippen molar-refractivity contribution < 1.29 is 10.2 Å². The molecule has 0 fully saturated rings. The molecule has 0 radical (unpaired) electrons. The summed E-state index contributed by atoms with van der Waals surface area (Å²) in [4.78, 5) is 7.32. The Hall–Kier alpha value is -1.65. The average molecular weight is 427 g/mol. The van der Waals surface area contributed by atoms with Crippen LogP contribution in [0.4, 0.5) is 5.69 Å². The summed E-state index contributed by atoms with van der Waals surface area (Å²) in [5.41, 5.74) is 6.38. The van der Waals surface area contributed by atoms with E-state index in [-0.39, 0.29) is 22.9 Å². The second-order valence-corrected chi connectivity index (χ2v) is 11.6. The van der Waals surface area contributed by atoms with Gasteiger partial charge in [0.2, 0.25) is 0 Å². The maximum atomic E-state index is 9.61. The molecule has 31 heavy (non-hydrogen) atoms. The van der Waals surface area contributed by atoms with Gasteiger partial charge in [-0.3, -0.25) is 4.99 Å². The maximum absolute atomic E-state index is 9.61. The number of dihydropyridines is 1. The fourth-order valence-electron chi connectivity index (χ4n) is 5.04. The Morgan fingerprint density at radius 2 is 1.87 bits per heavy atom. The molecular formula is C27H42N2O2. The zero-order valence-corrected chi connectivity index (χ0v) is 20.7. The van der Waals surface area contributed by atoms with Gasteiger partial charge < -0.3 is 15.1 Å². The monoisotopic (exact) mass is 426 g/mol. The number of aliphatic imine (C=N–C) groups is 1. The highest BCUT2D eigenvalue weighted by Gasteiger charge is 2.35. The average Bonchev–Trinajstić information content (AvgIpc) is 2.64. The minimum absolute atomic E-state index is 0.0470. The summed E-state index contributed by atoms with van der Waals surface area (Å²) in [6, 6.07) is 4.87. The first-order valence-corrected chi connectivity index (χ1v) is 11.9. The van der Waals surface area contributed by atoms with E-state index in [0.29, 0.717) is 11.5 Å². The Labute approximate surface area is 189 Å². The van der Waals surface area contributed by atoms with Gasteiger partial charge in [-0.05, 0) is 58.8 Å². The van der Waals surface area contributed by atoms with Crippen molar-refractivity contribution >= 4 is 11.9 Å². The van der Waals surface area contributed by atoms with Crippen molar-refractivity contribution in [1.29, 1.82) is 0 Å². The van der Waals surface area contributed by atoms with Gasteiger partial charge in [0.25, 0.3) is 0 Å². The third-order valence-electron chi connectivity index (χ3n) is 6.84. The molecule has 0 bridgehead atoms. The molecule has 1 aliphatic heterocycles. The standard InChI is InChI=1S/C27H42N2O2/c1-17(2)16-29(24-18(3)12-19(15-28-24)25(30)31)23-14-20(26(4,5)6)13-22-21(23)10-9-11-27(22,7)8/h12-15,17-18,24-25,30-31H,9-11,16H2,1-8H3/t18-,24-/m0/s1. The lowest BCUT2D eigenvalue weighted by atomic mass is 9.70. The van der Waals surface area contributed by atoms with Gasteiger partial charge in [0.15, 0.2) is 6.29 Å². The minimum Gasteiger partial charge on any atom is -0.364 e. The third-order valence-corrected chi connectivity index (χ3v) is 6.84. The van der Waals surface area contributed by atoms with Gasteiger partial charge in [0, 0.05) is 29.9 Å². The summed E-state index contributed by atoms with van der Waals surface area (Å²) in [5, 5.41) is 19.2. The predicted molar refractivity (Wildman–Crippen MR) is 131 cm³/mol. The molecule has 0 aromatic heterocycles. The molecule has 0 saturated carbocycles. The first kappa shape index (κ1) is 24.0. The van der Waals surface area contributed by atoms with Crippen molar-refractivity contribution in [3.63, 3.8) is 0 Å². The van der Waals surface area contributed by atoms with Crippen molar-refractivity contribution in [3.8, 4) is 0 Å². The van der Waals surface area contributed by atoms with Crippen molar-refractivity contribution in [2.75, 3.05) is 11.4 Å². The molecule has 0 amide bonds. The number of benzene rings is 1. The number of fused-ring (bicyclic) bond motifs is 1. The lowest BCUT2D eigenvalue weighted by Gasteiger charge is -2.42. The normalized spacial score (nSPS) is 23.2. The van der Waals surface area contributed by atoms with Crippen LogP contribution in [0.15, 0.2) is 28.8 Å². The molecule has 3 rings (SSSR count). The first-order valence-electron chi connectivity index (χ1n) is 11.9. The van der Waals surface area contributed by atoms with Crippen molar-refractivity contribution in [3.05, 3.63) is 40.5 Å². The van der Waals surface area contributed by atoms with Crippen LogP contribution in [0.3, 0.4) is 0 Å². The highest BCUT2D eigenvalue weighted by molar-refractivity contribution is 5.81. The van der Waals surface area contributed by atoms with Crippen molar-refractivity contribution in [2.45, 2.75) is 97.9 Å². The molecule has 172 valence electrons. The van der Waals surface area contributed by atoms with Crippen LogP contribution in [0.5, 0.6) is 0 Å². The molecule has 2 atom stereocenters. The minimum atomic E-state index is -1.47. The first-order chi connectivity index (χ1) is 14.3. The number of nitrogens with zero attached hydrogens (tertiary/aromatic N) is 2. The van der Waals surface area contributed by atoms with Crippen LogP contribution in [0.2, 0.25) is 0 Å². The Kier molecular flexibility index (Phi) is 6.74. The lowest BCUT2D eigenvalue weighted by molar-refractivity contribution is -0.00337. The molecule has 1 aliphatic carbocycles. The van der Waals surface area contributed by atoms with Crippen molar-refractivity contribution in [1.82, 2.24) is 0 Å². The number of rotatable bonds is 5. The van der Waals surface area contributed by atoms with Crippen LogP contribution in [0, 0.1) is 11.8 Å². The van der Waals surface area contributed by atoms with E-state index in [4.69, 9.17) is 4.99 Å². The zero-order valence-electron chi connectivity index (χ0n) is 20.7. The van der Waals surface area contributed by atoms with Crippen LogP contribution >= 0.6 is 0 Å². The second kappa shape index (κ2) is 8.71. The maximum Gasteiger partial charge on any atom is 0.179 e. The van der Waals surface area contributed by atoms with Crippen LogP contribution in [0.1, 0.15) is 84.9 Å². The highest BCUT2D eigenvalue weighted by atomic mass is 16.5. The SMILES string of the molecule is CC(C)CN(c1cc(C(C)(C)C)cc2c1CCCC2(C)C)[C@@H]1N=CC(C(O)O)=C[C@@H]1C. The lowest BCUT2D eigenvalue weighted by Crippen LogP contribution is -2.43. The fourth-order valence-corrected chi connectivity index (χ4v) is 5.04. The number of hydrogen-bond acceptors (Lipinski definition) is 4. The predicted octanol–water partition coefficient (Wildman–Crippen LogP) is 5.34. The largest absolute Gasteiger partial charge is 0.364 e. The molecule has 1 heterocycles. The van der Waals surface area contributed by atoms with Gasteiger partial charge in [-0.25, -0.2) is 0 Å². The fraction of sp³-hybridized carbons (Fsp3) is 0.667. The Balaban J connectivity index is 2.17. The Morgan fingerprint density at radius 1 is 1.19 bits per heavy atom. The summed E-state index contributed by atoms with van der Waals surface area (Å²) >= 11 is 0. The van der Waals surface area contributed by atoms with Crippen LogP contribution in [0.25, 0.3) is 0 Å². The van der Waals surface area contributed by atoms with Crippen molar-refractivity contribution in [2.24, 2.45) is 16.8 Å². The van der Waals surface area contributed by atoms with E-state index in [1.165, 1.54) is 35.2 Å². The number of anilines is 1. The molecule has 4 heteroatoms. The molecule has 2 aliphatic rings. The van der Waals surface area contributed by atoms with Gasteiger partial charge in [0.1, 0.15) is 6.17 Å². The molecule has 4 nitrogen and oxygen atoms in total. The van der Waals surface area contributed by atoms with E-state index >= 15 is 0 Å². The molecule has 0 spiro atoms. The van der Waals surface area contributed by atoms with Gasteiger partial charge in [-0.15, -0.1) is 0 Å².